The van der Waals surface area contributed by atoms with Crippen molar-refractivity contribution in [2.24, 2.45) is 11.8 Å². The summed E-state index contributed by atoms with van der Waals surface area (Å²) in [7, 11) is 0. The lowest BCUT2D eigenvalue weighted by Gasteiger charge is -2.38. The second kappa shape index (κ2) is 4.78. The quantitative estimate of drug-likeness (QED) is 0.754. The molecule has 0 amide bonds. The predicted molar refractivity (Wildman–Crippen MR) is 56.2 cm³/mol. The van der Waals surface area contributed by atoms with Gasteiger partial charge in [-0.25, -0.2) is 0 Å². The van der Waals surface area contributed by atoms with Gasteiger partial charge in [0.2, 0.25) is 0 Å². The Morgan fingerprint density at radius 3 is 2.29 bits per heavy atom. The molecule has 3 heteroatoms. The van der Waals surface area contributed by atoms with Gasteiger partial charge in [-0.05, 0) is 24.7 Å². The maximum absolute atomic E-state index is 11.0. The molecule has 3 nitrogen and oxygen atoms in total. The van der Waals surface area contributed by atoms with Crippen LogP contribution in [0, 0.1) is 11.8 Å². The van der Waals surface area contributed by atoms with Crippen LogP contribution in [-0.2, 0) is 4.79 Å². The number of piperidine rings is 1. The number of likely N-dealkylation sites (tertiary alicyclic amines) is 1. The number of carbonyl (C=O) groups is 1. The molecule has 0 aromatic rings. The maximum atomic E-state index is 11.0. The summed E-state index contributed by atoms with van der Waals surface area (Å²) in [5, 5.41) is 9.06. The highest BCUT2D eigenvalue weighted by Crippen LogP contribution is 2.23. The Hall–Kier alpha value is -0.570. The number of carboxylic acid groups (broad SMARTS) is 1. The fraction of sp³-hybridized carbons (Fsp3) is 0.909. The van der Waals surface area contributed by atoms with E-state index in [0.29, 0.717) is 18.3 Å². The van der Waals surface area contributed by atoms with Crippen LogP contribution in [-0.4, -0.2) is 35.1 Å². The molecule has 1 rings (SSSR count). The van der Waals surface area contributed by atoms with Gasteiger partial charge in [-0.1, -0.05) is 20.8 Å². The van der Waals surface area contributed by atoms with E-state index in [1.807, 2.05) is 6.92 Å². The van der Waals surface area contributed by atoms with E-state index in [4.69, 9.17) is 5.11 Å². The van der Waals surface area contributed by atoms with E-state index in [0.717, 1.165) is 13.1 Å². The Morgan fingerprint density at radius 2 is 1.93 bits per heavy atom. The summed E-state index contributed by atoms with van der Waals surface area (Å²) >= 11 is 0. The van der Waals surface area contributed by atoms with E-state index in [2.05, 4.69) is 18.7 Å². The fourth-order valence-electron chi connectivity index (χ4n) is 2.55. The molecule has 0 aromatic carbocycles. The first-order valence-corrected chi connectivity index (χ1v) is 5.51. The van der Waals surface area contributed by atoms with Crippen molar-refractivity contribution in [2.45, 2.75) is 39.7 Å². The lowest BCUT2D eigenvalue weighted by molar-refractivity contribution is -0.144. The zero-order valence-electron chi connectivity index (χ0n) is 9.36. The smallest absolute Gasteiger partial charge is 0.320 e. The van der Waals surface area contributed by atoms with E-state index in [-0.39, 0.29) is 6.04 Å². The molecule has 0 bridgehead atoms. The molecule has 1 fully saturated rings. The molecule has 1 aliphatic rings. The highest BCUT2D eigenvalue weighted by atomic mass is 16.4. The molecule has 0 aromatic heterocycles. The lowest BCUT2D eigenvalue weighted by atomic mass is 9.90. The monoisotopic (exact) mass is 199 g/mol. The van der Waals surface area contributed by atoms with E-state index < -0.39 is 5.97 Å². The molecular weight excluding hydrogens is 178 g/mol. The molecule has 0 spiro atoms. The summed E-state index contributed by atoms with van der Waals surface area (Å²) in [5.41, 5.74) is 0. The normalized spacial score (nSPS) is 31.4. The van der Waals surface area contributed by atoms with Gasteiger partial charge >= 0.3 is 5.97 Å². The largest absolute Gasteiger partial charge is 0.480 e. The van der Waals surface area contributed by atoms with Crippen LogP contribution in [0.2, 0.25) is 0 Å². The van der Waals surface area contributed by atoms with E-state index in [1.165, 1.54) is 6.42 Å². The number of nitrogens with zero attached hydrogens (tertiary/aromatic N) is 1. The number of carboxylic acids is 1. The first-order valence-electron chi connectivity index (χ1n) is 5.51. The van der Waals surface area contributed by atoms with Crippen molar-refractivity contribution >= 4 is 5.97 Å². The van der Waals surface area contributed by atoms with E-state index >= 15 is 0 Å². The van der Waals surface area contributed by atoms with Gasteiger partial charge < -0.3 is 5.11 Å². The van der Waals surface area contributed by atoms with Crippen molar-refractivity contribution < 1.29 is 9.90 Å². The van der Waals surface area contributed by atoms with Crippen molar-refractivity contribution in [1.82, 2.24) is 4.90 Å². The Morgan fingerprint density at radius 1 is 1.43 bits per heavy atom. The molecule has 0 aliphatic carbocycles. The summed E-state index contributed by atoms with van der Waals surface area (Å²) in [6, 6.07) is -0.278. The van der Waals surface area contributed by atoms with Crippen molar-refractivity contribution in [3.05, 3.63) is 0 Å². The molecule has 82 valence electrons. The van der Waals surface area contributed by atoms with Crippen LogP contribution >= 0.6 is 0 Å². The molecule has 0 saturated carbocycles. The van der Waals surface area contributed by atoms with Crippen molar-refractivity contribution in [2.75, 3.05) is 13.1 Å². The molecule has 1 N–H and O–H groups in total. The molecular formula is C11H21NO2. The van der Waals surface area contributed by atoms with Gasteiger partial charge in [-0.3, -0.25) is 9.69 Å². The number of rotatable bonds is 3. The van der Waals surface area contributed by atoms with Crippen LogP contribution in [0.1, 0.15) is 33.6 Å². The molecule has 0 unspecified atom stereocenters. The zero-order valence-corrected chi connectivity index (χ0v) is 9.36. The van der Waals surface area contributed by atoms with Crippen LogP contribution in [0.15, 0.2) is 0 Å². The SMILES string of the molecule is CC[C@@H](C(=O)O)N1C[C@H](C)C[C@@H](C)C1. The predicted octanol–water partition coefficient (Wildman–Crippen LogP) is 1.83. The van der Waals surface area contributed by atoms with Gasteiger partial charge in [0.1, 0.15) is 6.04 Å². The number of hydrogen-bond acceptors (Lipinski definition) is 2. The van der Waals surface area contributed by atoms with Crippen molar-refractivity contribution in [1.29, 1.82) is 0 Å². The Kier molecular flexibility index (Phi) is 3.93. The molecule has 1 heterocycles. The number of hydrogen-bond donors (Lipinski definition) is 1. The van der Waals surface area contributed by atoms with Crippen molar-refractivity contribution in [3.8, 4) is 0 Å². The third-order valence-corrected chi connectivity index (χ3v) is 3.01. The van der Waals surface area contributed by atoms with Gasteiger partial charge in [0.15, 0.2) is 0 Å². The highest BCUT2D eigenvalue weighted by Gasteiger charge is 2.30. The highest BCUT2D eigenvalue weighted by molar-refractivity contribution is 5.73. The zero-order chi connectivity index (χ0) is 10.7. The van der Waals surface area contributed by atoms with Gasteiger partial charge in [0.25, 0.3) is 0 Å². The maximum Gasteiger partial charge on any atom is 0.320 e. The minimum atomic E-state index is -0.672. The summed E-state index contributed by atoms with van der Waals surface area (Å²) in [4.78, 5) is 13.1. The molecule has 14 heavy (non-hydrogen) atoms. The fourth-order valence-corrected chi connectivity index (χ4v) is 2.55. The van der Waals surface area contributed by atoms with E-state index in [9.17, 15) is 4.79 Å². The minimum Gasteiger partial charge on any atom is -0.480 e. The van der Waals surface area contributed by atoms with Crippen LogP contribution in [0.5, 0.6) is 0 Å². The molecule has 0 radical (unpaired) electrons. The first-order chi connectivity index (χ1) is 6.54. The standard InChI is InChI=1S/C11H21NO2/c1-4-10(11(13)14)12-6-8(2)5-9(3)7-12/h8-10H,4-7H2,1-3H3,(H,13,14)/t8-,9-,10+/m1/s1. The van der Waals surface area contributed by atoms with Crippen LogP contribution in [0.25, 0.3) is 0 Å². The summed E-state index contributed by atoms with van der Waals surface area (Å²) < 4.78 is 0. The Balaban J connectivity index is 2.61. The molecule has 1 aliphatic heterocycles. The lowest BCUT2D eigenvalue weighted by Crippen LogP contribution is -2.48. The van der Waals surface area contributed by atoms with Crippen LogP contribution in [0.4, 0.5) is 0 Å². The average molecular weight is 199 g/mol. The molecule has 1 saturated heterocycles. The van der Waals surface area contributed by atoms with Gasteiger partial charge in [0.05, 0.1) is 0 Å². The summed E-state index contributed by atoms with van der Waals surface area (Å²) in [5.74, 6) is 0.591. The van der Waals surface area contributed by atoms with Gasteiger partial charge in [0, 0.05) is 13.1 Å². The second-order valence-corrected chi connectivity index (χ2v) is 4.66. The van der Waals surface area contributed by atoms with Gasteiger partial charge in [-0.2, -0.15) is 0 Å². The Bertz CT molecular complexity index is 195. The third kappa shape index (κ3) is 2.71. The minimum absolute atomic E-state index is 0.278. The number of aliphatic carboxylic acids is 1. The average Bonchev–Trinajstić information content (AvgIpc) is 2.02. The first kappa shape index (κ1) is 11.5. The van der Waals surface area contributed by atoms with Crippen LogP contribution < -0.4 is 0 Å². The second-order valence-electron chi connectivity index (χ2n) is 4.66. The van der Waals surface area contributed by atoms with E-state index in [1.54, 1.807) is 0 Å². The van der Waals surface area contributed by atoms with Gasteiger partial charge in [-0.15, -0.1) is 0 Å². The Labute approximate surface area is 86.1 Å². The summed E-state index contributed by atoms with van der Waals surface area (Å²) in [6.45, 7) is 8.24. The van der Waals surface area contributed by atoms with Crippen molar-refractivity contribution in [3.63, 3.8) is 0 Å². The topological polar surface area (TPSA) is 40.5 Å². The van der Waals surface area contributed by atoms with Crippen LogP contribution in [0.3, 0.4) is 0 Å². The summed E-state index contributed by atoms with van der Waals surface area (Å²) in [6.07, 6.45) is 1.93. The molecule has 3 atom stereocenters. The third-order valence-electron chi connectivity index (χ3n) is 3.01.